The van der Waals surface area contributed by atoms with Gasteiger partial charge in [-0.1, -0.05) is 24.3 Å². The van der Waals surface area contributed by atoms with Crippen LogP contribution in [0.4, 0.5) is 0 Å². The predicted molar refractivity (Wildman–Crippen MR) is 97.8 cm³/mol. The first kappa shape index (κ1) is 17.4. The van der Waals surface area contributed by atoms with Gasteiger partial charge in [-0.15, -0.1) is 0 Å². The molecule has 0 aliphatic carbocycles. The second-order valence-corrected chi connectivity index (χ2v) is 6.83. The van der Waals surface area contributed by atoms with Crippen LogP contribution < -0.4 is 5.32 Å². The van der Waals surface area contributed by atoms with Crippen LogP contribution in [0.25, 0.3) is 0 Å². The van der Waals surface area contributed by atoms with E-state index in [2.05, 4.69) is 41.4 Å². The van der Waals surface area contributed by atoms with Crippen molar-refractivity contribution < 1.29 is 9.59 Å². The quantitative estimate of drug-likeness (QED) is 0.851. The molecule has 3 rings (SSSR count). The Kier molecular flexibility index (Phi) is 5.04. The molecule has 25 heavy (non-hydrogen) atoms. The molecule has 1 N–H and O–H groups in total. The number of ketones is 1. The van der Waals surface area contributed by atoms with Gasteiger partial charge in [0.05, 0.1) is 0 Å². The fourth-order valence-electron chi connectivity index (χ4n) is 3.34. The molecule has 0 spiro atoms. The Morgan fingerprint density at radius 2 is 1.96 bits per heavy atom. The number of hydrogen-bond donors (Lipinski definition) is 1. The Morgan fingerprint density at radius 3 is 2.64 bits per heavy atom. The molecule has 0 saturated carbocycles. The lowest BCUT2D eigenvalue weighted by molar-refractivity contribution is 0.0924. The SMILES string of the molecule is CC(=O)c1cc(C(=O)NCC(C)N2CCc3ccccc3C2)n(C)c1. The van der Waals surface area contributed by atoms with Gasteiger partial charge >= 0.3 is 0 Å². The molecule has 1 aromatic heterocycles. The highest BCUT2D eigenvalue weighted by atomic mass is 16.2. The van der Waals surface area contributed by atoms with Gasteiger partial charge in [-0.2, -0.15) is 0 Å². The van der Waals surface area contributed by atoms with E-state index in [0.717, 1.165) is 19.5 Å². The van der Waals surface area contributed by atoms with Crippen molar-refractivity contribution >= 4 is 11.7 Å². The van der Waals surface area contributed by atoms with Gasteiger partial charge in [-0.3, -0.25) is 14.5 Å². The van der Waals surface area contributed by atoms with Crippen molar-refractivity contribution in [1.82, 2.24) is 14.8 Å². The normalized spacial score (nSPS) is 15.5. The molecule has 5 nitrogen and oxygen atoms in total. The average molecular weight is 339 g/mol. The molecule has 1 atom stereocenters. The number of rotatable bonds is 5. The largest absolute Gasteiger partial charge is 0.349 e. The van der Waals surface area contributed by atoms with Crippen LogP contribution in [0.3, 0.4) is 0 Å². The van der Waals surface area contributed by atoms with Crippen LogP contribution in [-0.4, -0.2) is 40.3 Å². The standard InChI is InChI=1S/C20H25N3O2/c1-14(23-9-8-16-6-4-5-7-17(16)13-23)11-21-20(25)19-10-18(15(2)24)12-22(19)3/h4-7,10,12,14H,8-9,11,13H2,1-3H3,(H,21,25). The summed E-state index contributed by atoms with van der Waals surface area (Å²) in [6.07, 6.45) is 2.75. The van der Waals surface area contributed by atoms with Crippen molar-refractivity contribution in [1.29, 1.82) is 0 Å². The van der Waals surface area contributed by atoms with Crippen molar-refractivity contribution in [3.05, 3.63) is 58.9 Å². The van der Waals surface area contributed by atoms with E-state index in [1.165, 1.54) is 18.1 Å². The molecule has 5 heteroatoms. The fourth-order valence-corrected chi connectivity index (χ4v) is 3.34. The number of benzene rings is 1. The number of Topliss-reactive ketones (excluding diaryl/α,β-unsaturated/α-hetero) is 1. The lowest BCUT2D eigenvalue weighted by atomic mass is 9.99. The van der Waals surface area contributed by atoms with E-state index >= 15 is 0 Å². The Hall–Kier alpha value is -2.40. The molecule has 2 aromatic rings. The molecule has 1 aliphatic rings. The molecule has 1 unspecified atom stereocenters. The van der Waals surface area contributed by atoms with Crippen LogP contribution in [0.15, 0.2) is 36.5 Å². The molecule has 0 saturated heterocycles. The van der Waals surface area contributed by atoms with Crippen LogP contribution in [0, 0.1) is 0 Å². The first-order chi connectivity index (χ1) is 12.0. The molecular weight excluding hydrogens is 314 g/mol. The molecule has 132 valence electrons. The summed E-state index contributed by atoms with van der Waals surface area (Å²) < 4.78 is 1.70. The van der Waals surface area contributed by atoms with Crippen molar-refractivity contribution in [2.45, 2.75) is 32.9 Å². The van der Waals surface area contributed by atoms with E-state index in [1.807, 2.05) is 0 Å². The van der Waals surface area contributed by atoms with Gasteiger partial charge in [0.1, 0.15) is 5.69 Å². The maximum Gasteiger partial charge on any atom is 0.267 e. The lowest BCUT2D eigenvalue weighted by Crippen LogP contribution is -2.44. The topological polar surface area (TPSA) is 54.3 Å². The van der Waals surface area contributed by atoms with Crippen molar-refractivity contribution in [2.24, 2.45) is 7.05 Å². The van der Waals surface area contributed by atoms with E-state index in [4.69, 9.17) is 0 Å². The maximum atomic E-state index is 12.4. The Balaban J connectivity index is 1.58. The second kappa shape index (κ2) is 7.23. The van der Waals surface area contributed by atoms with E-state index in [9.17, 15) is 9.59 Å². The van der Waals surface area contributed by atoms with Crippen LogP contribution in [-0.2, 0) is 20.0 Å². The van der Waals surface area contributed by atoms with Crippen LogP contribution in [0.2, 0.25) is 0 Å². The molecular formula is C20H25N3O2. The van der Waals surface area contributed by atoms with Gasteiger partial charge in [0.25, 0.3) is 5.91 Å². The summed E-state index contributed by atoms with van der Waals surface area (Å²) in [5, 5.41) is 3.00. The smallest absolute Gasteiger partial charge is 0.267 e. The number of amides is 1. The summed E-state index contributed by atoms with van der Waals surface area (Å²) >= 11 is 0. The summed E-state index contributed by atoms with van der Waals surface area (Å²) in [5.41, 5.74) is 3.88. The number of aryl methyl sites for hydroxylation is 1. The van der Waals surface area contributed by atoms with E-state index in [1.54, 1.807) is 23.9 Å². The number of fused-ring (bicyclic) bond motifs is 1. The molecule has 2 heterocycles. The minimum atomic E-state index is -0.140. The lowest BCUT2D eigenvalue weighted by Gasteiger charge is -2.33. The van der Waals surface area contributed by atoms with Crippen LogP contribution in [0.5, 0.6) is 0 Å². The third-order valence-electron chi connectivity index (χ3n) is 4.99. The maximum absolute atomic E-state index is 12.4. The first-order valence-corrected chi connectivity index (χ1v) is 8.72. The number of nitrogens with zero attached hydrogens (tertiary/aromatic N) is 2. The van der Waals surface area contributed by atoms with Gasteiger partial charge < -0.3 is 9.88 Å². The van der Waals surface area contributed by atoms with Crippen LogP contribution in [0.1, 0.15) is 45.8 Å². The molecule has 1 amide bonds. The fraction of sp³-hybridized carbons (Fsp3) is 0.400. The minimum Gasteiger partial charge on any atom is -0.349 e. The Bertz CT molecular complexity index is 794. The highest BCUT2D eigenvalue weighted by Gasteiger charge is 2.21. The Morgan fingerprint density at radius 1 is 1.24 bits per heavy atom. The van der Waals surface area contributed by atoms with Crippen molar-refractivity contribution in [2.75, 3.05) is 13.1 Å². The van der Waals surface area contributed by atoms with Gasteiger partial charge in [0.2, 0.25) is 0 Å². The summed E-state index contributed by atoms with van der Waals surface area (Å²) in [6, 6.07) is 10.5. The summed E-state index contributed by atoms with van der Waals surface area (Å²) in [6.45, 7) is 6.16. The van der Waals surface area contributed by atoms with E-state index in [-0.39, 0.29) is 17.7 Å². The molecule has 0 bridgehead atoms. The second-order valence-electron chi connectivity index (χ2n) is 6.83. The number of aromatic nitrogens is 1. The van der Waals surface area contributed by atoms with Gasteiger partial charge in [0.15, 0.2) is 5.78 Å². The highest BCUT2D eigenvalue weighted by Crippen LogP contribution is 2.20. The zero-order valence-corrected chi connectivity index (χ0v) is 15.1. The number of nitrogens with one attached hydrogen (secondary N) is 1. The third kappa shape index (κ3) is 3.82. The molecule has 1 aliphatic heterocycles. The zero-order chi connectivity index (χ0) is 18.0. The summed E-state index contributed by atoms with van der Waals surface area (Å²) in [7, 11) is 1.78. The van der Waals surface area contributed by atoms with Gasteiger partial charge in [0, 0.05) is 44.5 Å². The van der Waals surface area contributed by atoms with E-state index < -0.39 is 0 Å². The van der Waals surface area contributed by atoms with Gasteiger partial charge in [-0.05, 0) is 37.5 Å². The monoisotopic (exact) mass is 339 g/mol. The van der Waals surface area contributed by atoms with E-state index in [0.29, 0.717) is 17.8 Å². The number of carbonyl (C=O) groups is 2. The first-order valence-electron chi connectivity index (χ1n) is 8.72. The average Bonchev–Trinajstić information content (AvgIpc) is 3.01. The molecule has 0 radical (unpaired) electrons. The summed E-state index contributed by atoms with van der Waals surface area (Å²) in [5.74, 6) is -0.172. The Labute approximate surface area is 148 Å². The van der Waals surface area contributed by atoms with Crippen molar-refractivity contribution in [3.8, 4) is 0 Å². The molecule has 0 fully saturated rings. The zero-order valence-electron chi connectivity index (χ0n) is 15.1. The van der Waals surface area contributed by atoms with Crippen molar-refractivity contribution in [3.63, 3.8) is 0 Å². The predicted octanol–water partition coefficient (Wildman–Crippen LogP) is 2.40. The van der Waals surface area contributed by atoms with Crippen LogP contribution >= 0.6 is 0 Å². The summed E-state index contributed by atoms with van der Waals surface area (Å²) in [4.78, 5) is 26.3. The minimum absolute atomic E-state index is 0.0324. The number of carbonyl (C=O) groups excluding carboxylic acids is 2. The highest BCUT2D eigenvalue weighted by molar-refractivity contribution is 5.99. The molecule has 1 aromatic carbocycles. The van der Waals surface area contributed by atoms with Gasteiger partial charge in [-0.25, -0.2) is 0 Å². The third-order valence-corrected chi connectivity index (χ3v) is 4.99. The number of hydrogen-bond acceptors (Lipinski definition) is 3.